The summed E-state index contributed by atoms with van der Waals surface area (Å²) in [5, 5.41) is 105. The second-order valence-corrected chi connectivity index (χ2v) is 12.2. The molecule has 0 aromatic heterocycles. The van der Waals surface area contributed by atoms with E-state index < -0.39 is 92.0 Å². The molecule has 0 aromatic carbocycles. The molecule has 2 rings (SSSR count). The summed E-state index contributed by atoms with van der Waals surface area (Å²) in [6.45, 7) is 0.546. The van der Waals surface area contributed by atoms with Gasteiger partial charge in [0.05, 0.1) is 25.4 Å². The third kappa shape index (κ3) is 9.85. The second kappa shape index (κ2) is 19.0. The lowest BCUT2D eigenvalue weighted by Crippen LogP contribution is -2.78. The Labute approximate surface area is 254 Å². The third-order valence-electron chi connectivity index (χ3n) is 8.91. The molecule has 13 heteroatoms. The summed E-state index contributed by atoms with van der Waals surface area (Å²) in [5.41, 5.74) is 3.53. The fourth-order valence-corrected chi connectivity index (χ4v) is 6.06. The number of ether oxygens (including phenoxy) is 2. The fraction of sp³-hybridized carbons (Fsp3) is 0.933. The van der Waals surface area contributed by atoms with E-state index in [1.54, 1.807) is 6.08 Å². The molecule has 12 N–H and O–H groups in total. The Morgan fingerprint density at radius 2 is 1.05 bits per heavy atom. The van der Waals surface area contributed by atoms with Crippen LogP contribution in [0, 0.1) is 0 Å². The Bertz CT molecular complexity index is 750. The molecule has 0 aliphatic carbocycles. The highest BCUT2D eigenvalue weighted by Crippen LogP contribution is 2.39. The van der Waals surface area contributed by atoms with Gasteiger partial charge in [-0.3, -0.25) is 0 Å². The molecular formula is C30H57NO12. The zero-order chi connectivity index (χ0) is 32.2. The first-order valence-electron chi connectivity index (χ1n) is 15.9. The van der Waals surface area contributed by atoms with Crippen LogP contribution in [-0.2, 0) is 9.47 Å². The van der Waals surface area contributed by atoms with Crippen LogP contribution in [-0.4, -0.2) is 143 Å². The van der Waals surface area contributed by atoms with E-state index in [1.165, 1.54) is 51.0 Å². The van der Waals surface area contributed by atoms with E-state index in [-0.39, 0.29) is 0 Å². The van der Waals surface area contributed by atoms with E-state index in [9.17, 15) is 51.1 Å². The van der Waals surface area contributed by atoms with Gasteiger partial charge in [0.1, 0.15) is 66.6 Å². The molecule has 0 saturated carbocycles. The van der Waals surface area contributed by atoms with Crippen molar-refractivity contribution in [2.24, 2.45) is 5.73 Å². The molecule has 0 amide bonds. The van der Waals surface area contributed by atoms with Crippen molar-refractivity contribution in [3.63, 3.8) is 0 Å². The van der Waals surface area contributed by atoms with Gasteiger partial charge in [-0.2, -0.15) is 0 Å². The number of aliphatic hydroxyl groups is 10. The Balaban J connectivity index is 2.09. The second-order valence-electron chi connectivity index (χ2n) is 12.2. The predicted molar refractivity (Wildman–Crippen MR) is 157 cm³/mol. The summed E-state index contributed by atoms with van der Waals surface area (Å²) in [6, 6.07) is -1.79. The van der Waals surface area contributed by atoms with Crippen molar-refractivity contribution in [2.45, 2.75) is 163 Å². The summed E-state index contributed by atoms with van der Waals surface area (Å²) in [4.78, 5) is 0. The summed E-state index contributed by atoms with van der Waals surface area (Å²) in [5.74, 6) is 0. The molecule has 13 atom stereocenters. The Morgan fingerprint density at radius 1 is 0.651 bits per heavy atom. The van der Waals surface area contributed by atoms with Crippen molar-refractivity contribution in [3.8, 4) is 0 Å². The number of rotatable bonds is 19. The van der Waals surface area contributed by atoms with Gasteiger partial charge in [-0.05, 0) is 12.8 Å². The van der Waals surface area contributed by atoms with Crippen LogP contribution in [0.3, 0.4) is 0 Å². The maximum Gasteiger partial charge on any atom is 0.140 e. The Hall–Kier alpha value is -0.780. The standard InChI is InChI=1S/C30H57NO12/c1-2-3-4-5-6-7-8-9-10-11-12-13-14-15-18(34)27(31)30(41,28-25(39)23(37)21(35)19(16-32)42-28)29-26(40)24(38)22(36)20(17-33)43-29/h14-15,18-29,32-41H,2-13,16-17,31H2,1H3/b15-14+/t18-,19-,20-,21-,22+,23+,24+,25-,26-,27-,28?,29?,30?/m1/s1. The van der Waals surface area contributed by atoms with Crippen molar-refractivity contribution < 1.29 is 60.5 Å². The first kappa shape index (κ1) is 38.4. The zero-order valence-electron chi connectivity index (χ0n) is 25.3. The first-order valence-corrected chi connectivity index (χ1v) is 15.9. The monoisotopic (exact) mass is 623 g/mol. The van der Waals surface area contributed by atoms with Crippen LogP contribution < -0.4 is 5.73 Å². The smallest absolute Gasteiger partial charge is 0.140 e. The normalized spacial score (nSPS) is 36.5. The maximum absolute atomic E-state index is 12.0. The lowest BCUT2D eigenvalue weighted by Gasteiger charge is -2.55. The van der Waals surface area contributed by atoms with Gasteiger partial charge in [-0.25, -0.2) is 0 Å². The highest BCUT2D eigenvalue weighted by atomic mass is 16.6. The molecule has 2 fully saturated rings. The van der Waals surface area contributed by atoms with Gasteiger partial charge in [0.2, 0.25) is 0 Å². The molecule has 43 heavy (non-hydrogen) atoms. The van der Waals surface area contributed by atoms with Gasteiger partial charge in [-0.15, -0.1) is 0 Å². The molecule has 2 aliphatic heterocycles. The van der Waals surface area contributed by atoms with Crippen LogP contribution in [0.1, 0.15) is 84.0 Å². The molecule has 2 aliphatic rings. The Morgan fingerprint density at radius 3 is 1.44 bits per heavy atom. The molecular weight excluding hydrogens is 566 g/mol. The molecule has 254 valence electrons. The number of hydrogen-bond acceptors (Lipinski definition) is 13. The van der Waals surface area contributed by atoms with Crippen molar-refractivity contribution in [1.82, 2.24) is 0 Å². The zero-order valence-corrected chi connectivity index (χ0v) is 25.3. The van der Waals surface area contributed by atoms with Crippen LogP contribution >= 0.6 is 0 Å². The quantitative estimate of drug-likeness (QED) is 0.0571. The van der Waals surface area contributed by atoms with Gasteiger partial charge < -0.3 is 66.3 Å². The average Bonchev–Trinajstić information content (AvgIpc) is 3.00. The van der Waals surface area contributed by atoms with E-state index in [2.05, 4.69) is 6.92 Å². The minimum absolute atomic E-state index is 0.610. The predicted octanol–water partition coefficient (Wildman–Crippen LogP) is -1.65. The molecule has 13 nitrogen and oxygen atoms in total. The average molecular weight is 624 g/mol. The number of hydrogen-bond donors (Lipinski definition) is 11. The molecule has 0 bridgehead atoms. The highest BCUT2D eigenvalue weighted by Gasteiger charge is 2.63. The molecule has 0 aromatic rings. The van der Waals surface area contributed by atoms with Crippen molar-refractivity contribution in [1.29, 1.82) is 0 Å². The fourth-order valence-electron chi connectivity index (χ4n) is 6.06. The lowest BCUT2D eigenvalue weighted by molar-refractivity contribution is -0.330. The van der Waals surface area contributed by atoms with Crippen molar-refractivity contribution >= 4 is 0 Å². The molecule has 0 spiro atoms. The minimum atomic E-state index is -2.79. The lowest BCUT2D eigenvalue weighted by atomic mass is 9.71. The van der Waals surface area contributed by atoms with E-state index >= 15 is 0 Å². The van der Waals surface area contributed by atoms with Gasteiger partial charge in [-0.1, -0.05) is 83.3 Å². The van der Waals surface area contributed by atoms with E-state index in [0.717, 1.165) is 25.7 Å². The molecule has 2 heterocycles. The summed E-state index contributed by atoms with van der Waals surface area (Å²) < 4.78 is 11.1. The molecule has 3 unspecified atom stereocenters. The summed E-state index contributed by atoms with van der Waals surface area (Å²) in [6.07, 6.45) is -3.37. The topological polar surface area (TPSA) is 247 Å². The van der Waals surface area contributed by atoms with Gasteiger partial charge in [0.25, 0.3) is 0 Å². The largest absolute Gasteiger partial charge is 0.394 e. The number of aliphatic hydroxyl groups excluding tert-OH is 9. The van der Waals surface area contributed by atoms with E-state index in [1.807, 2.05) is 0 Å². The number of unbranched alkanes of at least 4 members (excludes halogenated alkanes) is 11. The maximum atomic E-state index is 12.0. The summed E-state index contributed by atoms with van der Waals surface area (Å²) >= 11 is 0. The molecule has 2 saturated heterocycles. The van der Waals surface area contributed by atoms with Crippen LogP contribution in [0.2, 0.25) is 0 Å². The SMILES string of the molecule is CCCCCCCCCCCCC/C=C/[C@@H](O)[C@@H](N)C(O)(C1O[C@H](CO)[C@H](O)[C@H](O)[C@H]1O)C1O[C@H](CO)[C@@H](O)[C@H](O)[C@H]1O. The van der Waals surface area contributed by atoms with Crippen molar-refractivity contribution in [2.75, 3.05) is 13.2 Å². The van der Waals surface area contributed by atoms with Gasteiger partial charge in [0.15, 0.2) is 0 Å². The number of allylic oxidation sites excluding steroid dienone is 1. The van der Waals surface area contributed by atoms with Crippen LogP contribution in [0.25, 0.3) is 0 Å². The van der Waals surface area contributed by atoms with Gasteiger partial charge in [0, 0.05) is 0 Å². The van der Waals surface area contributed by atoms with E-state index in [4.69, 9.17) is 15.2 Å². The molecule has 0 radical (unpaired) electrons. The van der Waals surface area contributed by atoms with Gasteiger partial charge >= 0.3 is 0 Å². The highest BCUT2D eigenvalue weighted by molar-refractivity contribution is 5.16. The Kier molecular flexibility index (Phi) is 17.0. The van der Waals surface area contributed by atoms with Crippen molar-refractivity contribution in [3.05, 3.63) is 12.2 Å². The summed E-state index contributed by atoms with van der Waals surface area (Å²) in [7, 11) is 0. The van der Waals surface area contributed by atoms with E-state index in [0.29, 0.717) is 6.42 Å². The first-order chi connectivity index (χ1) is 20.5. The third-order valence-corrected chi connectivity index (χ3v) is 8.91. The van der Waals surface area contributed by atoms with Crippen LogP contribution in [0.5, 0.6) is 0 Å². The van der Waals surface area contributed by atoms with Crippen LogP contribution in [0.15, 0.2) is 12.2 Å². The van der Waals surface area contributed by atoms with Crippen LogP contribution in [0.4, 0.5) is 0 Å². The number of nitrogens with two attached hydrogens (primary N) is 1. The minimum Gasteiger partial charge on any atom is -0.394 e.